The summed E-state index contributed by atoms with van der Waals surface area (Å²) in [5, 5.41) is 16.9. The molecule has 3 N–H and O–H groups in total. The quantitative estimate of drug-likeness (QED) is 0.0781. The fourth-order valence-electron chi connectivity index (χ4n) is 6.45. The number of fused-ring (bicyclic) bond motifs is 3. The molecule has 0 saturated carbocycles. The molecule has 1 aliphatic rings. The Bertz CT molecular complexity index is 1570. The van der Waals surface area contributed by atoms with Gasteiger partial charge in [0.25, 0.3) is 0 Å². The standard InChI is InChI=1S/C36H46AsN4O3/c1-26(42)37-21-20-27-25-39-32-19-18-28(24-31(27)32)41(36(43)44)23-13-7-5-3-2-4-6-12-22-38-35-29-14-8-10-16-33(29)40-34-17-11-9-15-30(34)35/h8,10,14,16,18-19,24-25,39H,2-7,9,11-13,15,17,20-23H2,1H3,(H,38,40)(H,43,44). The maximum absolute atomic E-state index is 12.1. The monoisotopic (exact) mass is 657 g/mol. The van der Waals surface area contributed by atoms with Crippen molar-refractivity contribution in [2.24, 2.45) is 0 Å². The fourth-order valence-corrected chi connectivity index (χ4v) is 7.85. The maximum atomic E-state index is 12.1. The van der Waals surface area contributed by atoms with Crippen LogP contribution in [0.1, 0.15) is 88.0 Å². The Morgan fingerprint density at radius 2 is 1.70 bits per heavy atom. The van der Waals surface area contributed by atoms with Crippen molar-refractivity contribution >= 4 is 59.6 Å². The SMILES string of the molecule is CC(=O)[As]CCc1c[nH]c2ccc(N(CCCCCCCCCCNc3c4c(nc5ccccc35)CCCC4)C(=O)O)cc12. The molecule has 2 aromatic heterocycles. The molecule has 5 rings (SSSR count). The summed E-state index contributed by atoms with van der Waals surface area (Å²) in [5.41, 5.74) is 8.04. The van der Waals surface area contributed by atoms with E-state index in [9.17, 15) is 14.7 Å². The summed E-state index contributed by atoms with van der Waals surface area (Å²) in [6.45, 7) is 3.17. The summed E-state index contributed by atoms with van der Waals surface area (Å²) in [6, 6.07) is 14.4. The molecule has 2 aromatic carbocycles. The van der Waals surface area contributed by atoms with Gasteiger partial charge in [0, 0.05) is 23.3 Å². The number of carbonyl (C=O) groups is 2. The third-order valence-corrected chi connectivity index (χ3v) is 10.7. The minimum absolute atomic E-state index is 0.281. The van der Waals surface area contributed by atoms with Gasteiger partial charge in [-0.25, -0.2) is 0 Å². The molecule has 0 unspecified atom stereocenters. The predicted octanol–water partition coefficient (Wildman–Crippen LogP) is 8.52. The van der Waals surface area contributed by atoms with Crippen LogP contribution in [-0.4, -0.2) is 54.6 Å². The van der Waals surface area contributed by atoms with Gasteiger partial charge in [-0.3, -0.25) is 4.98 Å². The Labute approximate surface area is 267 Å². The van der Waals surface area contributed by atoms with Gasteiger partial charge in [0.15, 0.2) is 0 Å². The molecule has 233 valence electrons. The first-order valence-electron chi connectivity index (χ1n) is 16.4. The normalized spacial score (nSPS) is 13.1. The molecule has 0 aliphatic heterocycles. The Morgan fingerprint density at radius 3 is 2.50 bits per heavy atom. The van der Waals surface area contributed by atoms with E-state index in [0.29, 0.717) is 11.1 Å². The first-order chi connectivity index (χ1) is 21.5. The number of benzene rings is 2. The van der Waals surface area contributed by atoms with Gasteiger partial charge in [-0.15, -0.1) is 0 Å². The number of amides is 1. The van der Waals surface area contributed by atoms with Gasteiger partial charge in [0.1, 0.15) is 0 Å². The van der Waals surface area contributed by atoms with Crippen molar-refractivity contribution in [2.75, 3.05) is 23.3 Å². The number of rotatable bonds is 17. The number of aromatic nitrogens is 2. The molecule has 2 heterocycles. The Hall–Kier alpha value is -3.31. The molecule has 44 heavy (non-hydrogen) atoms. The van der Waals surface area contributed by atoms with Gasteiger partial charge in [0.2, 0.25) is 0 Å². The van der Waals surface area contributed by atoms with Crippen LogP contribution in [-0.2, 0) is 24.1 Å². The summed E-state index contributed by atoms with van der Waals surface area (Å²) in [6.07, 6.45) is 15.8. The van der Waals surface area contributed by atoms with Crippen LogP contribution < -0.4 is 10.2 Å². The third kappa shape index (κ3) is 8.44. The number of pyridine rings is 1. The second-order valence-electron chi connectivity index (χ2n) is 12.0. The van der Waals surface area contributed by atoms with Gasteiger partial charge in [-0.2, -0.15) is 0 Å². The Morgan fingerprint density at radius 1 is 0.955 bits per heavy atom. The Balaban J connectivity index is 0.995. The summed E-state index contributed by atoms with van der Waals surface area (Å²) in [4.78, 5) is 33.2. The fraction of sp³-hybridized carbons (Fsp3) is 0.472. The minimum atomic E-state index is -0.906. The van der Waals surface area contributed by atoms with E-state index in [1.165, 1.54) is 72.2 Å². The van der Waals surface area contributed by atoms with Gasteiger partial charge in [0.05, 0.1) is 5.52 Å². The average molecular weight is 658 g/mol. The number of carbonyl (C=O) groups excluding carboxylic acids is 1. The molecule has 4 aromatic rings. The number of aromatic amines is 1. The number of hydrogen-bond acceptors (Lipinski definition) is 4. The van der Waals surface area contributed by atoms with Gasteiger partial charge >= 0.3 is 148 Å². The first kappa shape index (κ1) is 32.1. The average Bonchev–Trinajstić information content (AvgIpc) is 3.42. The van der Waals surface area contributed by atoms with Crippen molar-refractivity contribution in [3.63, 3.8) is 0 Å². The number of hydrogen-bond donors (Lipinski definition) is 3. The number of aryl methyl sites for hydroxylation is 2. The molecule has 0 bridgehead atoms. The number of carboxylic acid groups (broad SMARTS) is 1. The molecule has 0 spiro atoms. The van der Waals surface area contributed by atoms with Gasteiger partial charge < -0.3 is 5.32 Å². The number of para-hydroxylation sites is 1. The number of H-pyrrole nitrogens is 1. The van der Waals surface area contributed by atoms with Crippen LogP contribution in [0.3, 0.4) is 0 Å². The first-order valence-corrected chi connectivity index (χ1v) is 18.7. The van der Waals surface area contributed by atoms with Crippen LogP contribution in [0.4, 0.5) is 16.2 Å². The van der Waals surface area contributed by atoms with E-state index in [4.69, 9.17) is 4.98 Å². The van der Waals surface area contributed by atoms with Crippen LogP contribution >= 0.6 is 0 Å². The zero-order chi connectivity index (χ0) is 30.7. The molecule has 0 saturated heterocycles. The van der Waals surface area contributed by atoms with E-state index in [1.54, 1.807) is 6.92 Å². The summed E-state index contributed by atoms with van der Waals surface area (Å²) < 4.78 is 0.291. The topological polar surface area (TPSA) is 98.3 Å². The molecule has 7 nitrogen and oxygen atoms in total. The van der Waals surface area contributed by atoms with E-state index >= 15 is 0 Å². The summed E-state index contributed by atoms with van der Waals surface area (Å²) in [5.74, 6) is 0. The Kier molecular flexibility index (Phi) is 11.8. The molecular formula is C36H46AsN4O3. The third-order valence-electron chi connectivity index (χ3n) is 8.79. The number of unbranched alkanes of at least 4 members (excludes halogenated alkanes) is 7. The number of nitrogens with one attached hydrogen (secondary N) is 2. The second-order valence-corrected chi connectivity index (χ2v) is 14.9. The zero-order valence-electron chi connectivity index (χ0n) is 26.0. The predicted molar refractivity (Wildman–Crippen MR) is 182 cm³/mol. The van der Waals surface area contributed by atoms with Crippen LogP contribution in [0, 0.1) is 0 Å². The molecule has 1 radical (unpaired) electrons. The number of nitrogens with zero attached hydrogens (tertiary/aromatic N) is 2. The van der Waals surface area contributed by atoms with Crippen LogP contribution in [0.2, 0.25) is 5.21 Å². The summed E-state index contributed by atoms with van der Waals surface area (Å²) >= 11 is -0.281. The van der Waals surface area contributed by atoms with Crippen molar-refractivity contribution in [1.82, 2.24) is 9.97 Å². The van der Waals surface area contributed by atoms with E-state index in [1.807, 2.05) is 24.4 Å². The van der Waals surface area contributed by atoms with Crippen LogP contribution in [0.5, 0.6) is 0 Å². The van der Waals surface area contributed by atoms with Crippen molar-refractivity contribution in [3.05, 3.63) is 65.5 Å². The van der Waals surface area contributed by atoms with Gasteiger partial charge in [-0.05, 0) is 43.7 Å². The van der Waals surface area contributed by atoms with Crippen molar-refractivity contribution in [3.8, 4) is 0 Å². The van der Waals surface area contributed by atoms with Crippen LogP contribution in [0.15, 0.2) is 48.7 Å². The van der Waals surface area contributed by atoms with Crippen LogP contribution in [0.25, 0.3) is 21.8 Å². The van der Waals surface area contributed by atoms with Crippen molar-refractivity contribution in [1.29, 1.82) is 0 Å². The second kappa shape index (κ2) is 16.1. The molecule has 8 heteroatoms. The molecular weight excluding hydrogens is 611 g/mol. The zero-order valence-corrected chi connectivity index (χ0v) is 27.9. The van der Waals surface area contributed by atoms with Gasteiger partial charge in [-0.1, -0.05) is 37.5 Å². The molecule has 1 aliphatic carbocycles. The van der Waals surface area contributed by atoms with E-state index in [0.717, 1.165) is 77.9 Å². The van der Waals surface area contributed by atoms with E-state index in [2.05, 4.69) is 34.6 Å². The molecule has 0 fully saturated rings. The number of anilines is 2. The molecule has 1 amide bonds. The van der Waals surface area contributed by atoms with Crippen molar-refractivity contribution in [2.45, 2.75) is 95.6 Å². The van der Waals surface area contributed by atoms with Crippen molar-refractivity contribution < 1.29 is 14.7 Å². The van der Waals surface area contributed by atoms with E-state index < -0.39 is 6.09 Å². The van der Waals surface area contributed by atoms with E-state index in [-0.39, 0.29) is 15.8 Å². The molecule has 0 atom stereocenters. The summed E-state index contributed by atoms with van der Waals surface area (Å²) in [7, 11) is 0.